The van der Waals surface area contributed by atoms with Gasteiger partial charge in [0.2, 0.25) is 6.23 Å². The molecule has 1 aliphatic carbocycles. The van der Waals surface area contributed by atoms with Gasteiger partial charge in [-0.05, 0) is 31.0 Å². The second-order valence-corrected chi connectivity index (χ2v) is 4.56. The molecule has 1 atom stereocenters. The number of imide groups is 1. The molecule has 0 spiro atoms. The van der Waals surface area contributed by atoms with Gasteiger partial charge in [-0.25, -0.2) is 4.79 Å². The van der Waals surface area contributed by atoms with Crippen molar-refractivity contribution in [1.29, 1.82) is 0 Å². The Morgan fingerprint density at radius 1 is 1.22 bits per heavy atom. The van der Waals surface area contributed by atoms with Gasteiger partial charge in [-0.2, -0.15) is 0 Å². The molecule has 1 aliphatic heterocycles. The van der Waals surface area contributed by atoms with Crippen LogP contribution in [0.3, 0.4) is 0 Å². The monoisotopic (exact) mass is 247 g/mol. The molecule has 3 rings (SSSR count). The van der Waals surface area contributed by atoms with Gasteiger partial charge in [0.15, 0.2) is 0 Å². The van der Waals surface area contributed by atoms with Crippen LogP contribution >= 0.6 is 0 Å². The molecule has 1 heterocycles. The van der Waals surface area contributed by atoms with Crippen LogP contribution in [0.2, 0.25) is 0 Å². The van der Waals surface area contributed by atoms with Crippen LogP contribution < -0.4 is 10.6 Å². The third kappa shape index (κ3) is 1.53. The van der Waals surface area contributed by atoms with E-state index < -0.39 is 18.2 Å². The number of amides is 3. The predicted octanol–water partition coefficient (Wildman–Crippen LogP) is 0.518. The average Bonchev–Trinajstić information content (AvgIpc) is 3.10. The van der Waals surface area contributed by atoms with Crippen LogP contribution in [-0.2, 0) is 4.79 Å². The van der Waals surface area contributed by atoms with Gasteiger partial charge in [0.05, 0.1) is 5.69 Å². The molecule has 1 unspecified atom stereocenters. The van der Waals surface area contributed by atoms with Crippen LogP contribution in [0.5, 0.6) is 0 Å². The predicted molar refractivity (Wildman–Crippen MR) is 64.6 cm³/mol. The lowest BCUT2D eigenvalue weighted by molar-refractivity contribution is -0.133. The van der Waals surface area contributed by atoms with E-state index >= 15 is 0 Å². The van der Waals surface area contributed by atoms with Gasteiger partial charge in [0.1, 0.15) is 0 Å². The van der Waals surface area contributed by atoms with Crippen LogP contribution in [0.1, 0.15) is 12.8 Å². The number of urea groups is 1. The number of nitrogen functional groups attached to an aromatic ring is 1. The lowest BCUT2D eigenvalue weighted by Crippen LogP contribution is -2.35. The van der Waals surface area contributed by atoms with Crippen LogP contribution in [0.15, 0.2) is 24.3 Å². The summed E-state index contributed by atoms with van der Waals surface area (Å²) in [7, 11) is 0. The molecule has 1 saturated heterocycles. The van der Waals surface area contributed by atoms with Gasteiger partial charge in [-0.15, -0.1) is 0 Å². The first-order valence-electron chi connectivity index (χ1n) is 5.79. The van der Waals surface area contributed by atoms with Gasteiger partial charge in [0, 0.05) is 11.7 Å². The van der Waals surface area contributed by atoms with Crippen molar-refractivity contribution in [3.63, 3.8) is 0 Å². The fourth-order valence-corrected chi connectivity index (χ4v) is 2.14. The Kier molecular flexibility index (Phi) is 2.27. The highest BCUT2D eigenvalue weighted by Crippen LogP contribution is 2.34. The summed E-state index contributed by atoms with van der Waals surface area (Å²) in [5, 5.41) is 9.89. The van der Waals surface area contributed by atoms with Crippen LogP contribution in [0.25, 0.3) is 0 Å². The molecular weight excluding hydrogens is 234 g/mol. The van der Waals surface area contributed by atoms with Gasteiger partial charge < -0.3 is 10.8 Å². The quantitative estimate of drug-likeness (QED) is 0.589. The van der Waals surface area contributed by atoms with Gasteiger partial charge in [0.25, 0.3) is 5.91 Å². The summed E-state index contributed by atoms with van der Waals surface area (Å²) >= 11 is 0. The lowest BCUT2D eigenvalue weighted by Gasteiger charge is -2.18. The largest absolute Gasteiger partial charge is 0.399 e. The summed E-state index contributed by atoms with van der Waals surface area (Å²) in [4.78, 5) is 26.2. The normalized spacial score (nSPS) is 23.9. The molecule has 1 aromatic carbocycles. The van der Waals surface area contributed by atoms with Crippen molar-refractivity contribution in [2.24, 2.45) is 0 Å². The number of aliphatic hydroxyl groups is 1. The number of nitrogens with zero attached hydrogens (tertiary/aromatic N) is 2. The molecule has 94 valence electrons. The summed E-state index contributed by atoms with van der Waals surface area (Å²) in [6, 6.07) is 6.03. The highest BCUT2D eigenvalue weighted by Gasteiger charge is 2.50. The van der Waals surface area contributed by atoms with E-state index in [4.69, 9.17) is 5.73 Å². The zero-order valence-corrected chi connectivity index (χ0v) is 9.61. The van der Waals surface area contributed by atoms with Crippen LogP contribution in [0, 0.1) is 0 Å². The van der Waals surface area contributed by atoms with Crippen LogP contribution in [0.4, 0.5) is 16.2 Å². The molecule has 2 fully saturated rings. The molecule has 0 aromatic heterocycles. The maximum atomic E-state index is 12.1. The zero-order chi connectivity index (χ0) is 12.9. The highest BCUT2D eigenvalue weighted by molar-refractivity contribution is 6.13. The molecule has 2 aliphatic rings. The van der Waals surface area contributed by atoms with Crippen molar-refractivity contribution >= 4 is 23.3 Å². The number of hydrogen-bond acceptors (Lipinski definition) is 4. The van der Waals surface area contributed by atoms with E-state index in [2.05, 4.69) is 0 Å². The molecule has 6 heteroatoms. The molecule has 6 nitrogen and oxygen atoms in total. The van der Waals surface area contributed by atoms with Crippen molar-refractivity contribution in [3.8, 4) is 0 Å². The lowest BCUT2D eigenvalue weighted by atomic mass is 10.2. The van der Waals surface area contributed by atoms with Gasteiger partial charge in [-0.3, -0.25) is 14.6 Å². The Morgan fingerprint density at radius 3 is 2.56 bits per heavy atom. The second kappa shape index (κ2) is 3.71. The fourth-order valence-electron chi connectivity index (χ4n) is 2.14. The number of hydrogen-bond donors (Lipinski definition) is 2. The van der Waals surface area contributed by atoms with E-state index in [0.717, 1.165) is 22.6 Å². The van der Waals surface area contributed by atoms with E-state index in [-0.39, 0.29) is 6.04 Å². The molecule has 3 amide bonds. The summed E-state index contributed by atoms with van der Waals surface area (Å²) in [5.74, 6) is -0.551. The third-order valence-electron chi connectivity index (χ3n) is 3.18. The number of rotatable bonds is 2. The number of aliphatic hydroxyl groups excluding tert-OH is 1. The van der Waals surface area contributed by atoms with Gasteiger partial charge in [-0.1, -0.05) is 6.07 Å². The van der Waals surface area contributed by atoms with Crippen molar-refractivity contribution in [2.75, 3.05) is 10.6 Å². The number of benzene rings is 1. The molecule has 0 bridgehead atoms. The summed E-state index contributed by atoms with van der Waals surface area (Å²) in [6.45, 7) is 0. The minimum atomic E-state index is -1.44. The molecule has 18 heavy (non-hydrogen) atoms. The Morgan fingerprint density at radius 2 is 1.94 bits per heavy atom. The van der Waals surface area contributed by atoms with E-state index in [1.54, 1.807) is 24.3 Å². The number of anilines is 2. The topological polar surface area (TPSA) is 86.9 Å². The summed E-state index contributed by atoms with van der Waals surface area (Å²) in [6.07, 6.45) is 0.184. The van der Waals surface area contributed by atoms with E-state index in [0.29, 0.717) is 11.4 Å². The highest BCUT2D eigenvalue weighted by atomic mass is 16.3. The SMILES string of the molecule is Nc1cccc(N2C(=O)N(C3CC3)C(=O)C2O)c1. The third-order valence-corrected chi connectivity index (χ3v) is 3.18. The maximum Gasteiger partial charge on any atom is 0.334 e. The van der Waals surface area contributed by atoms with Crippen molar-refractivity contribution in [1.82, 2.24) is 4.90 Å². The molecule has 3 N–H and O–H groups in total. The average molecular weight is 247 g/mol. The minimum Gasteiger partial charge on any atom is -0.399 e. The smallest absolute Gasteiger partial charge is 0.334 e. The van der Waals surface area contributed by atoms with E-state index in [1.165, 1.54) is 0 Å². The Bertz CT molecular complexity index is 527. The fraction of sp³-hybridized carbons (Fsp3) is 0.333. The Balaban J connectivity index is 1.97. The number of carbonyl (C=O) groups excluding carboxylic acids is 2. The van der Waals surface area contributed by atoms with E-state index in [9.17, 15) is 14.7 Å². The zero-order valence-electron chi connectivity index (χ0n) is 9.61. The Labute approximate surface area is 104 Å². The first-order valence-corrected chi connectivity index (χ1v) is 5.79. The van der Waals surface area contributed by atoms with Gasteiger partial charge >= 0.3 is 6.03 Å². The second-order valence-electron chi connectivity index (χ2n) is 4.56. The minimum absolute atomic E-state index is 0.0503. The Hall–Kier alpha value is -2.08. The molecule has 1 saturated carbocycles. The molecule has 0 radical (unpaired) electrons. The van der Waals surface area contributed by atoms with E-state index in [1.807, 2.05) is 0 Å². The number of nitrogens with two attached hydrogens (primary N) is 1. The molecular formula is C12H13N3O3. The number of carbonyl (C=O) groups is 2. The van der Waals surface area contributed by atoms with Crippen molar-refractivity contribution < 1.29 is 14.7 Å². The van der Waals surface area contributed by atoms with Crippen molar-refractivity contribution in [2.45, 2.75) is 25.1 Å². The first kappa shape index (κ1) is 11.0. The molecule has 1 aromatic rings. The standard InChI is InChI=1S/C12H13N3O3/c13-7-2-1-3-9(6-7)15-11(17)10(16)14(12(15)18)8-4-5-8/h1-3,6,8,11,17H,4-5,13H2. The first-order chi connectivity index (χ1) is 8.59. The summed E-state index contributed by atoms with van der Waals surface area (Å²) in [5.41, 5.74) is 6.55. The van der Waals surface area contributed by atoms with Crippen molar-refractivity contribution in [3.05, 3.63) is 24.3 Å². The maximum absolute atomic E-state index is 12.1. The summed E-state index contributed by atoms with van der Waals surface area (Å²) < 4.78 is 0. The van der Waals surface area contributed by atoms with Crippen LogP contribution in [-0.4, -0.2) is 34.2 Å².